The van der Waals surface area contributed by atoms with E-state index in [0.717, 1.165) is 24.5 Å². The minimum absolute atomic E-state index is 0.168. The molecule has 2 heterocycles. The number of rotatable bonds is 5. The van der Waals surface area contributed by atoms with Gasteiger partial charge in [0.15, 0.2) is 6.39 Å². The number of aryl methyl sites for hydroxylation is 1. The molecule has 6 heteroatoms. The van der Waals surface area contributed by atoms with Crippen molar-refractivity contribution in [1.29, 1.82) is 0 Å². The fourth-order valence-corrected chi connectivity index (χ4v) is 3.32. The van der Waals surface area contributed by atoms with Gasteiger partial charge in [-0.2, -0.15) is 0 Å². The molecule has 1 aromatic heterocycles. The molecule has 1 aliphatic heterocycles. The molecule has 6 nitrogen and oxygen atoms in total. The van der Waals surface area contributed by atoms with Gasteiger partial charge in [0.2, 0.25) is 0 Å². The summed E-state index contributed by atoms with van der Waals surface area (Å²) in [5, 5.41) is 5.82. The lowest BCUT2D eigenvalue weighted by Crippen LogP contribution is -2.39. The third kappa shape index (κ3) is 3.94. The normalized spacial score (nSPS) is 20.9. The van der Waals surface area contributed by atoms with Crippen LogP contribution in [0.2, 0.25) is 0 Å². The Morgan fingerprint density at radius 3 is 2.79 bits per heavy atom. The summed E-state index contributed by atoms with van der Waals surface area (Å²) < 4.78 is 5.12. The molecule has 1 aromatic carbocycles. The Labute approximate surface area is 142 Å². The second-order valence-corrected chi connectivity index (χ2v) is 6.42. The molecule has 2 N–H and O–H groups in total. The number of urea groups is 1. The number of likely N-dealkylation sites (tertiary alicyclic amines) is 1. The first-order valence-electron chi connectivity index (χ1n) is 8.27. The van der Waals surface area contributed by atoms with Crippen LogP contribution in [0.3, 0.4) is 0 Å². The van der Waals surface area contributed by atoms with Gasteiger partial charge in [0.25, 0.3) is 0 Å². The average molecular weight is 328 g/mol. The van der Waals surface area contributed by atoms with Crippen molar-refractivity contribution in [1.82, 2.24) is 20.5 Å². The van der Waals surface area contributed by atoms with Crippen LogP contribution < -0.4 is 10.6 Å². The number of likely N-dealkylation sites (N-methyl/N-ethyl adjacent to an activating group) is 1. The van der Waals surface area contributed by atoms with E-state index in [1.165, 1.54) is 12.0 Å². The lowest BCUT2D eigenvalue weighted by Gasteiger charge is -2.19. The predicted octanol–water partition coefficient (Wildman–Crippen LogP) is 2.13. The molecular formula is C18H24N4O2. The maximum atomic E-state index is 12.0. The lowest BCUT2D eigenvalue weighted by atomic mass is 9.89. The number of hydrogen-bond donors (Lipinski definition) is 2. The van der Waals surface area contributed by atoms with Crippen LogP contribution in [-0.2, 0) is 6.54 Å². The van der Waals surface area contributed by atoms with Gasteiger partial charge in [0, 0.05) is 25.6 Å². The summed E-state index contributed by atoms with van der Waals surface area (Å²) in [4.78, 5) is 18.4. The van der Waals surface area contributed by atoms with Crippen molar-refractivity contribution in [2.45, 2.75) is 19.4 Å². The van der Waals surface area contributed by atoms with Gasteiger partial charge >= 0.3 is 6.03 Å². The highest BCUT2D eigenvalue weighted by Crippen LogP contribution is 2.31. The Morgan fingerprint density at radius 2 is 2.08 bits per heavy atom. The maximum Gasteiger partial charge on any atom is 0.315 e. The first-order valence-corrected chi connectivity index (χ1v) is 8.27. The highest BCUT2D eigenvalue weighted by molar-refractivity contribution is 5.73. The molecule has 0 saturated carbocycles. The highest BCUT2D eigenvalue weighted by atomic mass is 16.3. The van der Waals surface area contributed by atoms with Gasteiger partial charge in [-0.05, 0) is 25.5 Å². The monoisotopic (exact) mass is 328 g/mol. The summed E-state index contributed by atoms with van der Waals surface area (Å²) in [7, 11) is 2.13. The first kappa shape index (κ1) is 16.5. The fourth-order valence-electron chi connectivity index (χ4n) is 3.32. The van der Waals surface area contributed by atoms with Crippen molar-refractivity contribution in [3.63, 3.8) is 0 Å². The largest absolute Gasteiger partial charge is 0.448 e. The molecule has 24 heavy (non-hydrogen) atoms. The zero-order valence-corrected chi connectivity index (χ0v) is 14.2. The maximum absolute atomic E-state index is 12.0. The van der Waals surface area contributed by atoms with Crippen LogP contribution in [0.25, 0.3) is 0 Å². The van der Waals surface area contributed by atoms with Gasteiger partial charge in [0.1, 0.15) is 11.5 Å². The van der Waals surface area contributed by atoms with E-state index in [4.69, 9.17) is 4.42 Å². The number of hydrogen-bond acceptors (Lipinski definition) is 4. The SMILES string of the molecule is Cc1ocnc1CNC(=O)NC[C@@H]1CN(C)C[C@H]1c1ccccc1. The summed E-state index contributed by atoms with van der Waals surface area (Å²) >= 11 is 0. The molecule has 2 amide bonds. The van der Waals surface area contributed by atoms with Crippen LogP contribution >= 0.6 is 0 Å². The smallest absolute Gasteiger partial charge is 0.315 e. The molecule has 2 aromatic rings. The van der Waals surface area contributed by atoms with E-state index < -0.39 is 0 Å². The molecule has 0 bridgehead atoms. The molecule has 128 valence electrons. The van der Waals surface area contributed by atoms with Gasteiger partial charge in [-0.25, -0.2) is 9.78 Å². The van der Waals surface area contributed by atoms with Crippen LogP contribution in [0, 0.1) is 12.8 Å². The van der Waals surface area contributed by atoms with Crippen molar-refractivity contribution in [2.24, 2.45) is 5.92 Å². The molecule has 0 radical (unpaired) electrons. The summed E-state index contributed by atoms with van der Waals surface area (Å²) in [5.41, 5.74) is 2.10. The van der Waals surface area contributed by atoms with Crippen molar-refractivity contribution in [3.8, 4) is 0 Å². The molecule has 0 aliphatic carbocycles. The second-order valence-electron chi connectivity index (χ2n) is 6.42. The highest BCUT2D eigenvalue weighted by Gasteiger charge is 2.31. The van der Waals surface area contributed by atoms with Gasteiger partial charge in [-0.3, -0.25) is 0 Å². The van der Waals surface area contributed by atoms with Gasteiger partial charge in [0.05, 0.1) is 6.54 Å². The molecule has 1 aliphatic rings. The number of benzene rings is 1. The lowest BCUT2D eigenvalue weighted by molar-refractivity contribution is 0.238. The number of amides is 2. The Morgan fingerprint density at radius 1 is 1.29 bits per heavy atom. The summed E-state index contributed by atoms with van der Waals surface area (Å²) in [6.45, 7) is 4.88. The van der Waals surface area contributed by atoms with Crippen LogP contribution in [0.1, 0.15) is 22.9 Å². The molecule has 2 atom stereocenters. The van der Waals surface area contributed by atoms with Crippen LogP contribution in [0.15, 0.2) is 41.1 Å². The zero-order valence-electron chi connectivity index (χ0n) is 14.2. The Balaban J connectivity index is 1.51. The summed E-state index contributed by atoms with van der Waals surface area (Å²) in [5.74, 6) is 1.60. The van der Waals surface area contributed by atoms with E-state index >= 15 is 0 Å². The summed E-state index contributed by atoms with van der Waals surface area (Å²) in [6, 6.07) is 10.4. The van der Waals surface area contributed by atoms with Crippen molar-refractivity contribution in [2.75, 3.05) is 26.7 Å². The number of carbonyl (C=O) groups is 1. The van der Waals surface area contributed by atoms with E-state index in [9.17, 15) is 4.79 Å². The predicted molar refractivity (Wildman–Crippen MR) is 91.6 cm³/mol. The number of nitrogens with zero attached hydrogens (tertiary/aromatic N) is 2. The van der Waals surface area contributed by atoms with Gasteiger partial charge < -0.3 is 20.0 Å². The standard InChI is InChI=1S/C18H24N4O2/c1-13-17(21-12-24-13)9-20-18(23)19-8-15-10-22(2)11-16(15)14-6-4-3-5-7-14/h3-7,12,15-16H,8-11H2,1-2H3,(H2,19,20,23)/t15-,16+/m1/s1. The van der Waals surface area contributed by atoms with E-state index in [1.54, 1.807) is 0 Å². The van der Waals surface area contributed by atoms with Crippen molar-refractivity contribution >= 4 is 6.03 Å². The summed E-state index contributed by atoms with van der Waals surface area (Å²) in [6.07, 6.45) is 1.39. The Bertz CT molecular complexity index is 671. The third-order valence-electron chi connectivity index (χ3n) is 4.64. The Kier molecular flexibility index (Phi) is 5.15. The second kappa shape index (κ2) is 7.49. The minimum atomic E-state index is -0.168. The van der Waals surface area contributed by atoms with Crippen LogP contribution in [0.4, 0.5) is 4.79 Å². The van der Waals surface area contributed by atoms with Crippen molar-refractivity contribution in [3.05, 3.63) is 53.7 Å². The number of aromatic nitrogens is 1. The van der Waals surface area contributed by atoms with Crippen LogP contribution in [-0.4, -0.2) is 42.6 Å². The van der Waals surface area contributed by atoms with Gasteiger partial charge in [-0.1, -0.05) is 30.3 Å². The van der Waals surface area contributed by atoms with E-state index in [0.29, 0.717) is 24.9 Å². The molecule has 0 unspecified atom stereocenters. The number of oxazole rings is 1. The van der Waals surface area contributed by atoms with Crippen molar-refractivity contribution < 1.29 is 9.21 Å². The van der Waals surface area contributed by atoms with E-state index in [1.807, 2.05) is 13.0 Å². The zero-order chi connectivity index (χ0) is 16.9. The van der Waals surface area contributed by atoms with E-state index in [-0.39, 0.29) is 6.03 Å². The van der Waals surface area contributed by atoms with Gasteiger partial charge in [-0.15, -0.1) is 0 Å². The molecule has 1 fully saturated rings. The van der Waals surface area contributed by atoms with E-state index in [2.05, 4.69) is 51.8 Å². The molecular weight excluding hydrogens is 304 g/mol. The third-order valence-corrected chi connectivity index (χ3v) is 4.64. The number of carbonyl (C=O) groups excluding carboxylic acids is 1. The first-order chi connectivity index (χ1) is 11.6. The Hall–Kier alpha value is -2.34. The fraction of sp³-hybridized carbons (Fsp3) is 0.444. The topological polar surface area (TPSA) is 70.4 Å². The molecule has 0 spiro atoms. The number of nitrogens with one attached hydrogen (secondary N) is 2. The molecule has 1 saturated heterocycles. The quantitative estimate of drug-likeness (QED) is 0.882. The molecule has 3 rings (SSSR count). The van der Waals surface area contributed by atoms with Crippen LogP contribution in [0.5, 0.6) is 0 Å². The minimum Gasteiger partial charge on any atom is -0.448 e. The average Bonchev–Trinajstić information content (AvgIpc) is 3.17.